The van der Waals surface area contributed by atoms with Crippen molar-refractivity contribution >= 4 is 0 Å². The van der Waals surface area contributed by atoms with Gasteiger partial charge in [0.1, 0.15) is 0 Å². The molecule has 0 aliphatic heterocycles. The van der Waals surface area contributed by atoms with E-state index >= 15 is 0 Å². The minimum absolute atomic E-state index is 0.0481. The summed E-state index contributed by atoms with van der Waals surface area (Å²) in [6.45, 7) is 2.44. The molecule has 2 heteroatoms. The SMILES string of the molecule is CCCCCCCCc1ccc(CCCC(CO)CO)cc1. The maximum absolute atomic E-state index is 9.05. The lowest BCUT2D eigenvalue weighted by molar-refractivity contribution is 0.142. The van der Waals surface area contributed by atoms with Crippen molar-refractivity contribution in [3.05, 3.63) is 35.4 Å². The van der Waals surface area contributed by atoms with Gasteiger partial charge in [-0.1, -0.05) is 63.3 Å². The van der Waals surface area contributed by atoms with Crippen LogP contribution < -0.4 is 0 Å². The van der Waals surface area contributed by atoms with Gasteiger partial charge in [-0.25, -0.2) is 0 Å². The monoisotopic (exact) mass is 306 g/mol. The van der Waals surface area contributed by atoms with E-state index < -0.39 is 0 Å². The Morgan fingerprint density at radius 2 is 1.23 bits per heavy atom. The number of aliphatic hydroxyl groups is 2. The van der Waals surface area contributed by atoms with Gasteiger partial charge in [0.2, 0.25) is 0 Å². The zero-order valence-corrected chi connectivity index (χ0v) is 14.3. The normalized spacial score (nSPS) is 11.3. The van der Waals surface area contributed by atoms with Crippen LogP contribution in [0.5, 0.6) is 0 Å². The number of rotatable bonds is 13. The molecule has 0 radical (unpaired) electrons. The zero-order chi connectivity index (χ0) is 16.0. The molecule has 126 valence electrons. The predicted molar refractivity (Wildman–Crippen MR) is 94.1 cm³/mol. The van der Waals surface area contributed by atoms with E-state index in [1.807, 2.05) is 0 Å². The average molecular weight is 306 g/mol. The molecule has 0 atom stereocenters. The van der Waals surface area contributed by atoms with E-state index in [1.165, 1.54) is 56.1 Å². The Balaban J connectivity index is 2.17. The fourth-order valence-electron chi connectivity index (χ4n) is 2.82. The molecule has 1 aromatic rings. The number of aliphatic hydroxyl groups excluding tert-OH is 2. The van der Waals surface area contributed by atoms with Crippen LogP contribution in [0.3, 0.4) is 0 Å². The van der Waals surface area contributed by atoms with Crippen LogP contribution in [0.15, 0.2) is 24.3 Å². The van der Waals surface area contributed by atoms with E-state index in [1.54, 1.807) is 0 Å². The van der Waals surface area contributed by atoms with Crippen molar-refractivity contribution in [3.8, 4) is 0 Å². The Kier molecular flexibility index (Phi) is 11.0. The first kappa shape index (κ1) is 19.2. The Bertz CT molecular complexity index is 354. The highest BCUT2D eigenvalue weighted by atomic mass is 16.3. The molecule has 0 saturated carbocycles. The van der Waals surface area contributed by atoms with Crippen molar-refractivity contribution in [2.45, 2.75) is 71.1 Å². The summed E-state index contributed by atoms with van der Waals surface area (Å²) in [5.74, 6) is 0.0481. The van der Waals surface area contributed by atoms with Crippen molar-refractivity contribution in [2.75, 3.05) is 13.2 Å². The summed E-state index contributed by atoms with van der Waals surface area (Å²) in [6, 6.07) is 8.99. The summed E-state index contributed by atoms with van der Waals surface area (Å²) in [4.78, 5) is 0. The quantitative estimate of drug-likeness (QED) is 0.526. The van der Waals surface area contributed by atoms with Crippen molar-refractivity contribution in [3.63, 3.8) is 0 Å². The highest BCUT2D eigenvalue weighted by molar-refractivity contribution is 5.22. The molecule has 0 bridgehead atoms. The number of benzene rings is 1. The molecule has 2 N–H and O–H groups in total. The summed E-state index contributed by atoms with van der Waals surface area (Å²) in [7, 11) is 0. The molecule has 0 unspecified atom stereocenters. The molecule has 0 saturated heterocycles. The third-order valence-electron chi connectivity index (χ3n) is 4.44. The second kappa shape index (κ2) is 12.7. The molecule has 0 aliphatic rings. The maximum atomic E-state index is 9.05. The van der Waals surface area contributed by atoms with Crippen LogP contribution in [0.1, 0.15) is 69.4 Å². The van der Waals surface area contributed by atoms with Crippen molar-refractivity contribution in [2.24, 2.45) is 5.92 Å². The molecule has 0 aromatic heterocycles. The minimum Gasteiger partial charge on any atom is -0.396 e. The Hall–Kier alpha value is -0.860. The van der Waals surface area contributed by atoms with Crippen LogP contribution in [0.2, 0.25) is 0 Å². The maximum Gasteiger partial charge on any atom is 0.0481 e. The lowest BCUT2D eigenvalue weighted by Gasteiger charge is -2.10. The van der Waals surface area contributed by atoms with Crippen LogP contribution >= 0.6 is 0 Å². The van der Waals surface area contributed by atoms with Gasteiger partial charge in [-0.2, -0.15) is 0 Å². The molecule has 1 rings (SSSR count). The van der Waals surface area contributed by atoms with Crippen LogP contribution in [-0.4, -0.2) is 23.4 Å². The van der Waals surface area contributed by atoms with E-state index in [-0.39, 0.29) is 19.1 Å². The van der Waals surface area contributed by atoms with E-state index in [9.17, 15) is 0 Å². The van der Waals surface area contributed by atoms with Crippen molar-refractivity contribution in [1.82, 2.24) is 0 Å². The molecule has 22 heavy (non-hydrogen) atoms. The van der Waals surface area contributed by atoms with Crippen LogP contribution in [0.25, 0.3) is 0 Å². The Labute approximate surface area is 136 Å². The third-order valence-corrected chi connectivity index (χ3v) is 4.44. The summed E-state index contributed by atoms with van der Waals surface area (Å²) in [6.07, 6.45) is 12.3. The third kappa shape index (κ3) is 8.55. The van der Waals surface area contributed by atoms with Gasteiger partial charge >= 0.3 is 0 Å². The predicted octanol–water partition coefficient (Wildman–Crippen LogP) is 4.51. The standard InChI is InChI=1S/C20H34O2/c1-2-3-4-5-6-7-9-18-12-14-19(15-13-18)10-8-11-20(16-21)17-22/h12-15,20-22H,2-11,16-17H2,1H3. The minimum atomic E-state index is 0.0481. The summed E-state index contributed by atoms with van der Waals surface area (Å²) in [5.41, 5.74) is 2.81. The summed E-state index contributed by atoms with van der Waals surface area (Å²) in [5, 5.41) is 18.1. The molecule has 1 aromatic carbocycles. The fourth-order valence-corrected chi connectivity index (χ4v) is 2.82. The fraction of sp³-hybridized carbons (Fsp3) is 0.700. The highest BCUT2D eigenvalue weighted by Crippen LogP contribution is 2.14. The van der Waals surface area contributed by atoms with Crippen LogP contribution in [-0.2, 0) is 12.8 Å². The topological polar surface area (TPSA) is 40.5 Å². The molecule has 0 aliphatic carbocycles. The number of hydrogen-bond donors (Lipinski definition) is 2. The van der Waals surface area contributed by atoms with Gasteiger partial charge in [-0.05, 0) is 43.2 Å². The molecule has 0 amide bonds. The Morgan fingerprint density at radius 1 is 0.727 bits per heavy atom. The molecular weight excluding hydrogens is 272 g/mol. The van der Waals surface area contributed by atoms with Crippen molar-refractivity contribution < 1.29 is 10.2 Å². The van der Waals surface area contributed by atoms with Crippen molar-refractivity contribution in [1.29, 1.82) is 0 Å². The van der Waals surface area contributed by atoms with Gasteiger partial charge in [-0.15, -0.1) is 0 Å². The van der Waals surface area contributed by atoms with E-state index in [0.29, 0.717) is 0 Å². The van der Waals surface area contributed by atoms with E-state index in [2.05, 4.69) is 31.2 Å². The average Bonchev–Trinajstić information content (AvgIpc) is 2.56. The van der Waals surface area contributed by atoms with Crippen LogP contribution in [0, 0.1) is 5.92 Å². The first-order chi connectivity index (χ1) is 10.8. The van der Waals surface area contributed by atoms with Gasteiger partial charge in [0.15, 0.2) is 0 Å². The second-order valence-corrected chi connectivity index (χ2v) is 6.46. The largest absolute Gasteiger partial charge is 0.396 e. The molecular formula is C20H34O2. The number of unbranched alkanes of at least 4 members (excludes halogenated alkanes) is 5. The van der Waals surface area contributed by atoms with Crippen LogP contribution in [0.4, 0.5) is 0 Å². The first-order valence-electron chi connectivity index (χ1n) is 9.09. The smallest absolute Gasteiger partial charge is 0.0481 e. The van der Waals surface area contributed by atoms with Gasteiger partial charge in [-0.3, -0.25) is 0 Å². The summed E-state index contributed by atoms with van der Waals surface area (Å²) < 4.78 is 0. The molecule has 0 heterocycles. The van der Waals surface area contributed by atoms with Gasteiger partial charge in [0.05, 0.1) is 0 Å². The molecule has 2 nitrogen and oxygen atoms in total. The zero-order valence-electron chi connectivity index (χ0n) is 14.3. The highest BCUT2D eigenvalue weighted by Gasteiger charge is 2.05. The first-order valence-corrected chi connectivity index (χ1v) is 9.09. The Morgan fingerprint density at radius 3 is 1.77 bits per heavy atom. The molecule has 0 fully saturated rings. The second-order valence-electron chi connectivity index (χ2n) is 6.46. The van der Waals surface area contributed by atoms with Gasteiger partial charge in [0, 0.05) is 19.1 Å². The number of hydrogen-bond acceptors (Lipinski definition) is 2. The lowest BCUT2D eigenvalue weighted by Crippen LogP contribution is -2.10. The van der Waals surface area contributed by atoms with E-state index in [4.69, 9.17) is 10.2 Å². The number of aryl methyl sites for hydroxylation is 2. The summed E-state index contributed by atoms with van der Waals surface area (Å²) >= 11 is 0. The van der Waals surface area contributed by atoms with E-state index in [0.717, 1.165) is 19.3 Å². The lowest BCUT2D eigenvalue weighted by atomic mass is 9.99. The van der Waals surface area contributed by atoms with Gasteiger partial charge < -0.3 is 10.2 Å². The molecule has 0 spiro atoms. The van der Waals surface area contributed by atoms with Gasteiger partial charge in [0.25, 0.3) is 0 Å².